The summed E-state index contributed by atoms with van der Waals surface area (Å²) in [6, 6.07) is 9.22. The Hall–Kier alpha value is -2.28. The summed E-state index contributed by atoms with van der Waals surface area (Å²) in [7, 11) is -1.98. The molecule has 1 fully saturated rings. The van der Waals surface area contributed by atoms with Gasteiger partial charge in [0.2, 0.25) is 0 Å². The molecule has 0 saturated heterocycles. The molecule has 0 spiro atoms. The second-order valence-electron chi connectivity index (χ2n) is 7.97. The number of carbonyl (C=O) groups is 1. The third kappa shape index (κ3) is 3.32. The third-order valence-electron chi connectivity index (χ3n) is 6.07. The fraction of sp³-hybridized carbons (Fsp3) is 0.476. The lowest BCUT2D eigenvalue weighted by atomic mass is 9.86. The van der Waals surface area contributed by atoms with Gasteiger partial charge in [0, 0.05) is 25.8 Å². The van der Waals surface area contributed by atoms with E-state index in [4.69, 9.17) is 0 Å². The van der Waals surface area contributed by atoms with E-state index < -0.39 is 10.0 Å². The average Bonchev–Trinajstić information content (AvgIpc) is 3.28. The first kappa shape index (κ1) is 19.1. The molecule has 7 heteroatoms. The largest absolute Gasteiger partial charge is 0.348 e. The molecule has 2 heterocycles. The molecule has 4 rings (SSSR count). The Morgan fingerprint density at radius 2 is 1.93 bits per heavy atom. The Kier molecular flexibility index (Phi) is 4.95. The minimum atomic E-state index is -3.70. The van der Waals surface area contributed by atoms with Gasteiger partial charge in [0.25, 0.3) is 15.9 Å². The minimum absolute atomic E-state index is 0.154. The highest BCUT2D eigenvalue weighted by Gasteiger charge is 2.32. The highest BCUT2D eigenvalue weighted by molar-refractivity contribution is 7.92. The van der Waals surface area contributed by atoms with Crippen molar-refractivity contribution in [3.63, 3.8) is 0 Å². The number of benzene rings is 1. The predicted molar refractivity (Wildman–Crippen MR) is 109 cm³/mol. The fourth-order valence-corrected chi connectivity index (χ4v) is 5.93. The van der Waals surface area contributed by atoms with E-state index in [0.29, 0.717) is 24.6 Å². The Morgan fingerprint density at radius 1 is 1.18 bits per heavy atom. The zero-order valence-electron chi connectivity index (χ0n) is 16.4. The second-order valence-corrected chi connectivity index (χ2v) is 9.83. The summed E-state index contributed by atoms with van der Waals surface area (Å²) in [5.41, 5.74) is 2.14. The Bertz CT molecular complexity index is 996. The van der Waals surface area contributed by atoms with E-state index in [1.807, 2.05) is 24.3 Å². The van der Waals surface area contributed by atoms with Crippen molar-refractivity contribution >= 4 is 21.6 Å². The number of nitrogens with one attached hydrogen (secondary N) is 1. The molecule has 2 atom stereocenters. The van der Waals surface area contributed by atoms with Crippen LogP contribution >= 0.6 is 0 Å². The normalized spacial score (nSPS) is 22.1. The monoisotopic (exact) mass is 401 g/mol. The van der Waals surface area contributed by atoms with Gasteiger partial charge in [-0.15, -0.1) is 0 Å². The highest BCUT2D eigenvalue weighted by Crippen LogP contribution is 2.33. The molecule has 0 radical (unpaired) electrons. The van der Waals surface area contributed by atoms with Crippen LogP contribution in [-0.4, -0.2) is 31.5 Å². The molecular formula is C21H27N3O3S. The second kappa shape index (κ2) is 7.28. The van der Waals surface area contributed by atoms with E-state index in [1.54, 1.807) is 11.6 Å². The molecule has 1 N–H and O–H groups in total. The number of carbonyl (C=O) groups excluding carboxylic acids is 1. The lowest BCUT2D eigenvalue weighted by Gasteiger charge is -2.29. The molecule has 1 aliphatic heterocycles. The van der Waals surface area contributed by atoms with E-state index in [1.165, 1.54) is 23.0 Å². The van der Waals surface area contributed by atoms with Crippen molar-refractivity contribution in [2.45, 2.75) is 50.0 Å². The molecule has 1 aromatic heterocycles. The van der Waals surface area contributed by atoms with Crippen LogP contribution in [0.3, 0.4) is 0 Å². The summed E-state index contributed by atoms with van der Waals surface area (Å²) in [6.45, 7) is 2.59. The van der Waals surface area contributed by atoms with Gasteiger partial charge in [0.05, 0.1) is 5.69 Å². The molecule has 1 aromatic carbocycles. The van der Waals surface area contributed by atoms with Crippen molar-refractivity contribution in [3.05, 3.63) is 47.8 Å². The van der Waals surface area contributed by atoms with Crippen LogP contribution in [0.4, 0.5) is 5.69 Å². The molecule has 0 unspecified atom stereocenters. The smallest absolute Gasteiger partial charge is 0.268 e. The average molecular weight is 402 g/mol. The zero-order valence-corrected chi connectivity index (χ0v) is 17.2. The summed E-state index contributed by atoms with van der Waals surface area (Å²) in [4.78, 5) is 13.0. The fourth-order valence-electron chi connectivity index (χ4n) is 4.36. The van der Waals surface area contributed by atoms with Gasteiger partial charge >= 0.3 is 0 Å². The Labute approximate surface area is 166 Å². The van der Waals surface area contributed by atoms with Crippen molar-refractivity contribution < 1.29 is 13.2 Å². The van der Waals surface area contributed by atoms with Gasteiger partial charge in [-0.2, -0.15) is 0 Å². The maximum absolute atomic E-state index is 13.2. The van der Waals surface area contributed by atoms with Crippen molar-refractivity contribution in [1.29, 1.82) is 0 Å². The van der Waals surface area contributed by atoms with Gasteiger partial charge < -0.3 is 9.88 Å². The van der Waals surface area contributed by atoms with Gasteiger partial charge in [-0.05, 0) is 42.9 Å². The summed E-state index contributed by atoms with van der Waals surface area (Å²) in [5.74, 6) is 0.242. The van der Waals surface area contributed by atoms with Gasteiger partial charge in [0.15, 0.2) is 0 Å². The lowest BCUT2D eigenvalue weighted by molar-refractivity contribution is 0.0902. The van der Waals surface area contributed by atoms with Crippen LogP contribution in [-0.2, 0) is 23.5 Å². The van der Waals surface area contributed by atoms with E-state index >= 15 is 0 Å². The van der Waals surface area contributed by atoms with Gasteiger partial charge in [-0.25, -0.2) is 8.42 Å². The van der Waals surface area contributed by atoms with Crippen molar-refractivity contribution in [3.8, 4) is 0 Å². The summed E-state index contributed by atoms with van der Waals surface area (Å²) >= 11 is 0. The van der Waals surface area contributed by atoms with Gasteiger partial charge in [-0.1, -0.05) is 38.0 Å². The maximum Gasteiger partial charge on any atom is 0.268 e. The standard InChI is InChI=1S/C21H27N3O3S/c1-15-7-3-5-9-18(15)22-21(25)20-13-17(14-23(20)2)28(26,27)24-12-11-16-8-4-6-10-19(16)24/h4,6,8,10,13-15,18H,3,5,7,9,11-12H2,1-2H3,(H,22,25)/t15-,18-/m1/s1. The van der Waals surface area contributed by atoms with Crippen LogP contribution < -0.4 is 9.62 Å². The first-order valence-corrected chi connectivity index (χ1v) is 11.4. The van der Waals surface area contributed by atoms with Crippen LogP contribution in [0.15, 0.2) is 41.4 Å². The van der Waals surface area contributed by atoms with Gasteiger partial charge in [-0.3, -0.25) is 9.10 Å². The summed E-state index contributed by atoms with van der Waals surface area (Å²) < 4.78 is 29.5. The molecule has 1 saturated carbocycles. The van der Waals surface area contributed by atoms with Crippen molar-refractivity contribution in [1.82, 2.24) is 9.88 Å². The predicted octanol–water partition coefficient (Wildman–Crippen LogP) is 3.09. The molecule has 2 aromatic rings. The lowest BCUT2D eigenvalue weighted by Crippen LogP contribution is -2.41. The number of aromatic nitrogens is 1. The minimum Gasteiger partial charge on any atom is -0.348 e. The van der Waals surface area contributed by atoms with E-state index in [9.17, 15) is 13.2 Å². The maximum atomic E-state index is 13.2. The topological polar surface area (TPSA) is 71.4 Å². The van der Waals surface area contributed by atoms with Crippen LogP contribution in [0.5, 0.6) is 0 Å². The SMILES string of the molecule is C[C@@H]1CCCC[C@H]1NC(=O)c1cc(S(=O)(=O)N2CCc3ccccc32)cn1C. The Balaban J connectivity index is 1.58. The number of fused-ring (bicyclic) bond motifs is 1. The van der Waals surface area contributed by atoms with Crippen molar-refractivity contribution in [2.24, 2.45) is 13.0 Å². The molecule has 1 amide bonds. The van der Waals surface area contributed by atoms with Crippen LogP contribution in [0, 0.1) is 5.92 Å². The highest BCUT2D eigenvalue weighted by atomic mass is 32.2. The quantitative estimate of drug-likeness (QED) is 0.856. The number of sulfonamides is 1. The molecule has 2 aliphatic rings. The van der Waals surface area contributed by atoms with E-state index in [-0.39, 0.29) is 16.8 Å². The summed E-state index contributed by atoms with van der Waals surface area (Å²) in [5, 5.41) is 3.11. The molecular weight excluding hydrogens is 374 g/mol. The first-order valence-electron chi connectivity index (χ1n) is 9.96. The number of anilines is 1. The molecule has 0 bridgehead atoms. The molecule has 28 heavy (non-hydrogen) atoms. The van der Waals surface area contributed by atoms with Gasteiger partial charge in [0.1, 0.15) is 10.6 Å². The van der Waals surface area contributed by atoms with E-state index in [0.717, 1.165) is 30.5 Å². The first-order chi connectivity index (χ1) is 13.4. The third-order valence-corrected chi connectivity index (χ3v) is 7.85. The number of amides is 1. The van der Waals surface area contributed by atoms with Crippen LogP contribution in [0.2, 0.25) is 0 Å². The molecule has 1 aliphatic carbocycles. The Morgan fingerprint density at radius 3 is 2.71 bits per heavy atom. The van der Waals surface area contributed by atoms with Crippen molar-refractivity contribution in [2.75, 3.05) is 10.8 Å². The van der Waals surface area contributed by atoms with E-state index in [2.05, 4.69) is 12.2 Å². The zero-order chi connectivity index (χ0) is 19.9. The molecule has 150 valence electrons. The van der Waals surface area contributed by atoms with Crippen LogP contribution in [0.1, 0.15) is 48.7 Å². The number of para-hydroxylation sites is 1. The number of rotatable bonds is 4. The number of aryl methyl sites for hydroxylation is 1. The van der Waals surface area contributed by atoms with Crippen LogP contribution in [0.25, 0.3) is 0 Å². The summed E-state index contributed by atoms with van der Waals surface area (Å²) in [6.07, 6.45) is 6.66. The number of hydrogen-bond donors (Lipinski definition) is 1. The number of nitrogens with zero attached hydrogens (tertiary/aromatic N) is 2. The number of hydrogen-bond acceptors (Lipinski definition) is 3. The molecule has 6 nitrogen and oxygen atoms in total.